The van der Waals surface area contributed by atoms with Crippen LogP contribution in [0.2, 0.25) is 0 Å². The van der Waals surface area contributed by atoms with Crippen LogP contribution in [-0.4, -0.2) is 29.4 Å². The summed E-state index contributed by atoms with van der Waals surface area (Å²) in [5.41, 5.74) is 0.684. The number of hydrogen-bond acceptors (Lipinski definition) is 4. The van der Waals surface area contributed by atoms with Gasteiger partial charge in [-0.3, -0.25) is 0 Å². The van der Waals surface area contributed by atoms with Gasteiger partial charge in [0.2, 0.25) is 0 Å². The average molecular weight is 233 g/mol. The van der Waals surface area contributed by atoms with Crippen molar-refractivity contribution < 1.29 is 5.11 Å². The number of hydrogen-bond donors (Lipinski definition) is 1. The largest absolute Gasteiger partial charge is 0.390 e. The van der Waals surface area contributed by atoms with Gasteiger partial charge in [0.1, 0.15) is 5.82 Å². The summed E-state index contributed by atoms with van der Waals surface area (Å²) in [7, 11) is 0. The lowest BCUT2D eigenvalue weighted by molar-refractivity contribution is 0.277. The highest BCUT2D eigenvalue weighted by Crippen LogP contribution is 2.14. The van der Waals surface area contributed by atoms with Crippen LogP contribution in [-0.2, 0) is 26.1 Å². The maximum Gasteiger partial charge on any atom is 0.153 e. The Balaban J connectivity index is 1.82. The van der Waals surface area contributed by atoms with Crippen LogP contribution in [0.5, 0.6) is 0 Å². The van der Waals surface area contributed by atoms with Crippen molar-refractivity contribution in [3.8, 4) is 0 Å². The molecular formula is C11H15N5O. The van der Waals surface area contributed by atoms with E-state index in [4.69, 9.17) is 5.11 Å². The van der Waals surface area contributed by atoms with Crippen LogP contribution < -0.4 is 0 Å². The van der Waals surface area contributed by atoms with Crippen LogP contribution in [0, 0.1) is 0 Å². The molecule has 0 saturated heterocycles. The number of aliphatic hydroxyl groups is 1. The third-order valence-corrected chi connectivity index (χ3v) is 3.11. The molecule has 17 heavy (non-hydrogen) atoms. The molecule has 0 aromatic carbocycles. The minimum absolute atomic E-state index is 0.0229. The summed E-state index contributed by atoms with van der Waals surface area (Å²) < 4.78 is 4.12. The smallest absolute Gasteiger partial charge is 0.153 e. The summed E-state index contributed by atoms with van der Waals surface area (Å²) >= 11 is 0. The summed E-state index contributed by atoms with van der Waals surface area (Å²) in [6, 6.07) is 0. The molecule has 1 aliphatic heterocycles. The van der Waals surface area contributed by atoms with Crippen molar-refractivity contribution in [2.24, 2.45) is 0 Å². The molecule has 3 rings (SSSR count). The quantitative estimate of drug-likeness (QED) is 0.830. The number of aromatic nitrogens is 5. The number of fused-ring (bicyclic) bond motifs is 1. The Morgan fingerprint density at radius 2 is 2.24 bits per heavy atom. The molecule has 0 spiro atoms. The van der Waals surface area contributed by atoms with E-state index in [0.717, 1.165) is 24.6 Å². The molecule has 0 atom stereocenters. The van der Waals surface area contributed by atoms with Gasteiger partial charge in [0, 0.05) is 19.2 Å². The van der Waals surface area contributed by atoms with Gasteiger partial charge in [-0.1, -0.05) is 0 Å². The molecule has 0 bridgehead atoms. The van der Waals surface area contributed by atoms with Crippen molar-refractivity contribution >= 4 is 0 Å². The van der Waals surface area contributed by atoms with Crippen molar-refractivity contribution in [3.63, 3.8) is 0 Å². The first-order valence-electron chi connectivity index (χ1n) is 5.89. The molecule has 0 aliphatic carbocycles. The number of rotatable bonds is 3. The minimum Gasteiger partial charge on any atom is -0.390 e. The minimum atomic E-state index is -0.0229. The first-order valence-corrected chi connectivity index (χ1v) is 5.89. The molecule has 1 aliphatic rings. The predicted octanol–water partition coefficient (Wildman–Crippen LogP) is 0.351. The molecular weight excluding hydrogens is 218 g/mol. The normalized spacial score (nSPS) is 14.9. The average Bonchev–Trinajstić information content (AvgIpc) is 2.97. The van der Waals surface area contributed by atoms with E-state index in [0.29, 0.717) is 12.2 Å². The second-order valence-electron chi connectivity index (χ2n) is 4.34. The van der Waals surface area contributed by atoms with Crippen LogP contribution in [0.15, 0.2) is 12.5 Å². The van der Waals surface area contributed by atoms with Crippen molar-refractivity contribution in [1.82, 2.24) is 24.3 Å². The molecule has 0 fully saturated rings. The molecule has 90 valence electrons. The summed E-state index contributed by atoms with van der Waals surface area (Å²) in [4.78, 5) is 4.08. The van der Waals surface area contributed by atoms with Crippen LogP contribution in [0.4, 0.5) is 0 Å². The lowest BCUT2D eigenvalue weighted by Gasteiger charge is -2.14. The van der Waals surface area contributed by atoms with Crippen molar-refractivity contribution in [2.45, 2.75) is 39.0 Å². The van der Waals surface area contributed by atoms with Gasteiger partial charge in [0.25, 0.3) is 0 Å². The Labute approximate surface area is 98.9 Å². The van der Waals surface area contributed by atoms with E-state index >= 15 is 0 Å². The van der Waals surface area contributed by atoms with E-state index in [2.05, 4.69) is 19.7 Å². The molecule has 0 unspecified atom stereocenters. The molecule has 6 nitrogen and oxygen atoms in total. The summed E-state index contributed by atoms with van der Waals surface area (Å²) in [6.45, 7) is 1.66. The Morgan fingerprint density at radius 3 is 3.06 bits per heavy atom. The SMILES string of the molecule is OCc1cn(Cc2nnc3n2CCCC3)cn1. The highest BCUT2D eigenvalue weighted by Gasteiger charge is 2.15. The monoisotopic (exact) mass is 233 g/mol. The van der Waals surface area contributed by atoms with E-state index in [9.17, 15) is 0 Å². The zero-order chi connectivity index (χ0) is 11.7. The number of imidazole rings is 1. The highest BCUT2D eigenvalue weighted by molar-refractivity contribution is 5.02. The van der Waals surface area contributed by atoms with Crippen LogP contribution in [0.25, 0.3) is 0 Å². The molecule has 2 aromatic rings. The first kappa shape index (κ1) is 10.5. The number of nitrogens with zero attached hydrogens (tertiary/aromatic N) is 5. The van der Waals surface area contributed by atoms with Gasteiger partial charge in [-0.25, -0.2) is 4.98 Å². The Bertz CT molecular complexity index is 516. The fraction of sp³-hybridized carbons (Fsp3) is 0.545. The molecule has 0 amide bonds. The molecule has 0 radical (unpaired) electrons. The van der Waals surface area contributed by atoms with Crippen molar-refractivity contribution in [1.29, 1.82) is 0 Å². The Hall–Kier alpha value is -1.69. The highest BCUT2D eigenvalue weighted by atomic mass is 16.3. The lowest BCUT2D eigenvalue weighted by Crippen LogP contribution is -2.14. The second-order valence-corrected chi connectivity index (χ2v) is 4.34. The first-order chi connectivity index (χ1) is 8.36. The third kappa shape index (κ3) is 1.95. The van der Waals surface area contributed by atoms with Gasteiger partial charge in [0.05, 0.1) is 25.2 Å². The van der Waals surface area contributed by atoms with E-state index in [1.54, 1.807) is 6.33 Å². The van der Waals surface area contributed by atoms with E-state index in [-0.39, 0.29) is 6.61 Å². The van der Waals surface area contributed by atoms with E-state index in [1.807, 2.05) is 10.8 Å². The molecule has 2 aromatic heterocycles. The van der Waals surface area contributed by atoms with Gasteiger partial charge >= 0.3 is 0 Å². The summed E-state index contributed by atoms with van der Waals surface area (Å²) in [5, 5.41) is 17.4. The van der Waals surface area contributed by atoms with Crippen LogP contribution in [0.1, 0.15) is 30.2 Å². The maximum absolute atomic E-state index is 8.96. The van der Waals surface area contributed by atoms with Crippen molar-refractivity contribution in [3.05, 3.63) is 29.9 Å². The number of aliphatic hydroxyl groups excluding tert-OH is 1. The van der Waals surface area contributed by atoms with Crippen LogP contribution in [0.3, 0.4) is 0 Å². The summed E-state index contributed by atoms with van der Waals surface area (Å²) in [6.07, 6.45) is 6.99. The van der Waals surface area contributed by atoms with E-state index in [1.165, 1.54) is 12.8 Å². The van der Waals surface area contributed by atoms with Gasteiger partial charge in [-0.05, 0) is 12.8 Å². The van der Waals surface area contributed by atoms with Crippen molar-refractivity contribution in [2.75, 3.05) is 0 Å². The predicted molar refractivity (Wildman–Crippen MR) is 60.2 cm³/mol. The molecule has 3 heterocycles. The van der Waals surface area contributed by atoms with Gasteiger partial charge in [0.15, 0.2) is 5.82 Å². The lowest BCUT2D eigenvalue weighted by atomic mass is 10.2. The molecule has 1 N–H and O–H groups in total. The third-order valence-electron chi connectivity index (χ3n) is 3.11. The van der Waals surface area contributed by atoms with E-state index < -0.39 is 0 Å². The molecule has 6 heteroatoms. The fourth-order valence-electron chi connectivity index (χ4n) is 2.22. The zero-order valence-electron chi connectivity index (χ0n) is 9.58. The Morgan fingerprint density at radius 1 is 1.29 bits per heavy atom. The number of aryl methyl sites for hydroxylation is 1. The summed E-state index contributed by atoms with van der Waals surface area (Å²) in [5.74, 6) is 2.07. The zero-order valence-corrected chi connectivity index (χ0v) is 9.58. The fourth-order valence-corrected chi connectivity index (χ4v) is 2.22. The molecule has 0 saturated carbocycles. The maximum atomic E-state index is 8.96. The Kier molecular flexibility index (Phi) is 2.64. The second kappa shape index (κ2) is 4.29. The van der Waals surface area contributed by atoms with Gasteiger partial charge in [-0.2, -0.15) is 0 Å². The topological polar surface area (TPSA) is 68.8 Å². The van der Waals surface area contributed by atoms with Gasteiger partial charge in [-0.15, -0.1) is 10.2 Å². The van der Waals surface area contributed by atoms with Crippen LogP contribution >= 0.6 is 0 Å². The van der Waals surface area contributed by atoms with Gasteiger partial charge < -0.3 is 14.2 Å². The standard InChI is InChI=1S/C11H15N5O/c17-7-9-5-15(8-12-9)6-11-14-13-10-3-1-2-4-16(10)11/h5,8,17H,1-4,6-7H2.